The van der Waals surface area contributed by atoms with Gasteiger partial charge in [0.2, 0.25) is 5.95 Å². The highest BCUT2D eigenvalue weighted by molar-refractivity contribution is 5.34. The van der Waals surface area contributed by atoms with Crippen LogP contribution in [0.2, 0.25) is 0 Å². The highest BCUT2D eigenvalue weighted by atomic mass is 16.5. The van der Waals surface area contributed by atoms with Gasteiger partial charge in [-0.15, -0.1) is 0 Å². The van der Waals surface area contributed by atoms with Crippen LogP contribution >= 0.6 is 0 Å². The predicted octanol–water partition coefficient (Wildman–Crippen LogP) is 0.859. The van der Waals surface area contributed by atoms with E-state index in [1.807, 2.05) is 13.1 Å². The molecule has 1 aromatic rings. The van der Waals surface area contributed by atoms with Gasteiger partial charge in [0, 0.05) is 37.1 Å². The number of aromatic nitrogens is 2. The van der Waals surface area contributed by atoms with Crippen LogP contribution in [0.1, 0.15) is 25.1 Å². The van der Waals surface area contributed by atoms with Gasteiger partial charge < -0.3 is 15.4 Å². The summed E-state index contributed by atoms with van der Waals surface area (Å²) >= 11 is 0. The van der Waals surface area contributed by atoms with Gasteiger partial charge in [-0.05, 0) is 20.8 Å². The Labute approximate surface area is 102 Å². The Morgan fingerprint density at radius 2 is 2.29 bits per heavy atom. The number of hydrogen-bond acceptors (Lipinski definition) is 5. The molecule has 5 nitrogen and oxygen atoms in total. The molecule has 0 amide bonds. The minimum Gasteiger partial charge on any atom is -0.372 e. The van der Waals surface area contributed by atoms with Crippen LogP contribution in [0.3, 0.4) is 0 Å². The van der Waals surface area contributed by atoms with E-state index in [0.29, 0.717) is 13.2 Å². The van der Waals surface area contributed by atoms with Crippen LogP contribution in [0.25, 0.3) is 0 Å². The van der Waals surface area contributed by atoms with Crippen LogP contribution in [0.4, 0.5) is 5.95 Å². The molecule has 0 radical (unpaired) electrons. The summed E-state index contributed by atoms with van der Waals surface area (Å²) in [4.78, 5) is 11.1. The second-order valence-electron chi connectivity index (χ2n) is 5.01. The number of rotatable bonds is 2. The molecule has 2 N–H and O–H groups in total. The van der Waals surface area contributed by atoms with Crippen molar-refractivity contribution >= 4 is 5.95 Å². The number of hydrogen-bond donors (Lipinski definition) is 1. The summed E-state index contributed by atoms with van der Waals surface area (Å²) < 4.78 is 5.67. The number of ether oxygens (including phenoxy) is 1. The zero-order valence-electron chi connectivity index (χ0n) is 10.7. The summed E-state index contributed by atoms with van der Waals surface area (Å²) in [6.07, 6.45) is 1.82. The van der Waals surface area contributed by atoms with Crippen molar-refractivity contribution in [1.29, 1.82) is 0 Å². The lowest BCUT2D eigenvalue weighted by Crippen LogP contribution is -2.49. The van der Waals surface area contributed by atoms with Crippen LogP contribution in [0.5, 0.6) is 0 Å². The maximum absolute atomic E-state index is 5.67. The smallest absolute Gasteiger partial charge is 0.225 e. The quantitative estimate of drug-likeness (QED) is 0.825. The Morgan fingerprint density at radius 3 is 2.88 bits per heavy atom. The van der Waals surface area contributed by atoms with Crippen LogP contribution in [-0.2, 0) is 11.3 Å². The van der Waals surface area contributed by atoms with Gasteiger partial charge in [-0.3, -0.25) is 0 Å². The van der Waals surface area contributed by atoms with Gasteiger partial charge in [0.25, 0.3) is 0 Å². The molecule has 2 heterocycles. The van der Waals surface area contributed by atoms with Crippen molar-refractivity contribution < 1.29 is 4.74 Å². The Hall–Kier alpha value is -1.20. The van der Waals surface area contributed by atoms with E-state index in [9.17, 15) is 0 Å². The molecule has 0 aliphatic carbocycles. The average molecular weight is 236 g/mol. The normalized spacial score (nSPS) is 19.4. The highest BCUT2D eigenvalue weighted by Gasteiger charge is 2.28. The topological polar surface area (TPSA) is 64.3 Å². The molecule has 0 saturated carbocycles. The Bertz CT molecular complexity index is 405. The van der Waals surface area contributed by atoms with Crippen molar-refractivity contribution in [2.45, 2.75) is 32.9 Å². The van der Waals surface area contributed by atoms with E-state index in [1.54, 1.807) is 0 Å². The third-order valence-corrected chi connectivity index (χ3v) is 3.00. The van der Waals surface area contributed by atoms with E-state index in [1.165, 1.54) is 0 Å². The SMILES string of the molecule is Cc1nc(N2CCOC(C)(C)C2)ncc1CN. The first-order chi connectivity index (χ1) is 8.02. The fourth-order valence-electron chi connectivity index (χ4n) is 2.02. The monoisotopic (exact) mass is 236 g/mol. The lowest BCUT2D eigenvalue weighted by atomic mass is 10.1. The fraction of sp³-hybridized carbons (Fsp3) is 0.667. The van der Waals surface area contributed by atoms with Crippen molar-refractivity contribution in [2.24, 2.45) is 5.73 Å². The number of nitrogens with two attached hydrogens (primary N) is 1. The average Bonchev–Trinajstić information content (AvgIpc) is 2.27. The van der Waals surface area contributed by atoms with Gasteiger partial charge in [-0.25, -0.2) is 9.97 Å². The van der Waals surface area contributed by atoms with Crippen LogP contribution in [-0.4, -0.2) is 35.3 Å². The molecule has 0 spiro atoms. The molecular formula is C12H20N4O. The van der Waals surface area contributed by atoms with E-state index in [-0.39, 0.29) is 5.60 Å². The standard InChI is InChI=1S/C12H20N4O/c1-9-10(6-13)7-14-11(15-9)16-4-5-17-12(2,3)8-16/h7H,4-6,8,13H2,1-3H3. The summed E-state index contributed by atoms with van der Waals surface area (Å²) in [5.41, 5.74) is 7.43. The molecule has 1 saturated heterocycles. The highest BCUT2D eigenvalue weighted by Crippen LogP contribution is 2.20. The van der Waals surface area contributed by atoms with Crippen molar-refractivity contribution in [3.8, 4) is 0 Å². The van der Waals surface area contributed by atoms with Crippen LogP contribution in [0, 0.1) is 6.92 Å². The molecule has 0 atom stereocenters. The summed E-state index contributed by atoms with van der Waals surface area (Å²) in [7, 11) is 0. The van der Waals surface area contributed by atoms with E-state index < -0.39 is 0 Å². The maximum Gasteiger partial charge on any atom is 0.225 e. The second kappa shape index (κ2) is 4.58. The molecule has 1 aliphatic rings. The zero-order chi connectivity index (χ0) is 12.5. The molecule has 2 rings (SSSR count). The third kappa shape index (κ3) is 2.73. The minimum absolute atomic E-state index is 0.137. The molecule has 1 fully saturated rings. The van der Waals surface area contributed by atoms with E-state index in [4.69, 9.17) is 10.5 Å². The van der Waals surface area contributed by atoms with Gasteiger partial charge in [0.1, 0.15) is 0 Å². The first kappa shape index (κ1) is 12.3. The number of aryl methyl sites for hydroxylation is 1. The lowest BCUT2D eigenvalue weighted by Gasteiger charge is -2.38. The summed E-state index contributed by atoms with van der Waals surface area (Å²) in [6, 6.07) is 0. The van der Waals surface area contributed by atoms with Gasteiger partial charge in [0.05, 0.1) is 12.2 Å². The number of nitrogens with zero attached hydrogens (tertiary/aromatic N) is 3. The Balaban J connectivity index is 2.19. The molecule has 5 heteroatoms. The van der Waals surface area contributed by atoms with Gasteiger partial charge in [0.15, 0.2) is 0 Å². The van der Waals surface area contributed by atoms with Gasteiger partial charge >= 0.3 is 0 Å². The molecule has 1 aliphatic heterocycles. The molecule has 1 aromatic heterocycles. The van der Waals surface area contributed by atoms with Crippen LogP contribution < -0.4 is 10.6 Å². The second-order valence-corrected chi connectivity index (χ2v) is 5.01. The maximum atomic E-state index is 5.67. The Morgan fingerprint density at radius 1 is 1.53 bits per heavy atom. The minimum atomic E-state index is -0.137. The Kier molecular flexibility index (Phi) is 3.31. The fourth-order valence-corrected chi connectivity index (χ4v) is 2.02. The first-order valence-corrected chi connectivity index (χ1v) is 5.93. The largest absolute Gasteiger partial charge is 0.372 e. The number of morpholine rings is 1. The van der Waals surface area contributed by atoms with Crippen molar-refractivity contribution in [3.63, 3.8) is 0 Å². The third-order valence-electron chi connectivity index (χ3n) is 3.00. The molecule has 94 valence electrons. The zero-order valence-corrected chi connectivity index (χ0v) is 10.7. The van der Waals surface area contributed by atoms with Crippen molar-refractivity contribution in [1.82, 2.24) is 9.97 Å². The summed E-state index contributed by atoms with van der Waals surface area (Å²) in [6.45, 7) is 8.99. The summed E-state index contributed by atoms with van der Waals surface area (Å²) in [5.74, 6) is 0.774. The summed E-state index contributed by atoms with van der Waals surface area (Å²) in [5, 5.41) is 0. The lowest BCUT2D eigenvalue weighted by molar-refractivity contribution is -0.0281. The van der Waals surface area contributed by atoms with Crippen LogP contribution in [0.15, 0.2) is 6.20 Å². The van der Waals surface area contributed by atoms with E-state index in [2.05, 4.69) is 28.7 Å². The van der Waals surface area contributed by atoms with E-state index in [0.717, 1.165) is 30.3 Å². The molecule has 0 aromatic carbocycles. The van der Waals surface area contributed by atoms with Crippen molar-refractivity contribution in [2.75, 3.05) is 24.6 Å². The molecular weight excluding hydrogens is 216 g/mol. The number of anilines is 1. The predicted molar refractivity (Wildman–Crippen MR) is 66.9 cm³/mol. The van der Waals surface area contributed by atoms with E-state index >= 15 is 0 Å². The molecule has 0 bridgehead atoms. The first-order valence-electron chi connectivity index (χ1n) is 5.93. The van der Waals surface area contributed by atoms with Gasteiger partial charge in [-0.1, -0.05) is 0 Å². The van der Waals surface area contributed by atoms with Crippen molar-refractivity contribution in [3.05, 3.63) is 17.5 Å². The molecule has 0 unspecified atom stereocenters. The van der Waals surface area contributed by atoms with Gasteiger partial charge in [-0.2, -0.15) is 0 Å². The molecule has 17 heavy (non-hydrogen) atoms.